The molecule has 1 aromatic rings. The predicted molar refractivity (Wildman–Crippen MR) is 68.6 cm³/mol. The van der Waals surface area contributed by atoms with E-state index in [0.717, 1.165) is 19.5 Å². The van der Waals surface area contributed by atoms with Crippen LogP contribution in [-0.4, -0.2) is 19.0 Å². The van der Waals surface area contributed by atoms with E-state index in [2.05, 4.69) is 29.7 Å². The maximum Gasteiger partial charge on any atom is 0.220 e. The fourth-order valence-electron chi connectivity index (χ4n) is 2.11. The van der Waals surface area contributed by atoms with Crippen molar-refractivity contribution in [2.24, 2.45) is 5.92 Å². The van der Waals surface area contributed by atoms with Crippen LogP contribution in [0.4, 0.5) is 0 Å². The maximum atomic E-state index is 11.8. The van der Waals surface area contributed by atoms with Gasteiger partial charge >= 0.3 is 0 Å². The number of rotatable bonds is 5. The Morgan fingerprint density at radius 2 is 2.12 bits per heavy atom. The molecule has 3 nitrogen and oxygen atoms in total. The van der Waals surface area contributed by atoms with Crippen LogP contribution < -0.4 is 10.6 Å². The van der Waals surface area contributed by atoms with Gasteiger partial charge in [-0.05, 0) is 31.0 Å². The Hall–Kier alpha value is -1.35. The third-order valence-electron chi connectivity index (χ3n) is 3.29. The van der Waals surface area contributed by atoms with Crippen LogP contribution in [-0.2, 0) is 4.79 Å². The van der Waals surface area contributed by atoms with Crippen LogP contribution >= 0.6 is 0 Å². The molecule has 1 aliphatic rings. The summed E-state index contributed by atoms with van der Waals surface area (Å²) in [6.45, 7) is 4.06. The van der Waals surface area contributed by atoms with Gasteiger partial charge in [-0.3, -0.25) is 4.79 Å². The monoisotopic (exact) mass is 232 g/mol. The van der Waals surface area contributed by atoms with E-state index in [1.807, 2.05) is 18.2 Å². The van der Waals surface area contributed by atoms with Crippen molar-refractivity contribution in [2.45, 2.75) is 25.8 Å². The molecule has 1 aromatic carbocycles. The van der Waals surface area contributed by atoms with Gasteiger partial charge in [-0.2, -0.15) is 0 Å². The summed E-state index contributed by atoms with van der Waals surface area (Å²) in [6, 6.07) is 10.3. The zero-order valence-corrected chi connectivity index (χ0v) is 10.3. The fraction of sp³-hybridized carbons (Fsp3) is 0.500. The lowest BCUT2D eigenvalue weighted by Crippen LogP contribution is -2.44. The minimum absolute atomic E-state index is 0.150. The van der Waals surface area contributed by atoms with Crippen molar-refractivity contribution in [3.63, 3.8) is 0 Å². The summed E-state index contributed by atoms with van der Waals surface area (Å²) < 4.78 is 0. The Kier molecular flexibility index (Phi) is 4.15. The molecule has 1 fully saturated rings. The summed E-state index contributed by atoms with van der Waals surface area (Å²) >= 11 is 0. The molecule has 1 amide bonds. The Morgan fingerprint density at radius 3 is 2.65 bits per heavy atom. The molecule has 0 radical (unpaired) electrons. The van der Waals surface area contributed by atoms with Crippen LogP contribution in [0.15, 0.2) is 30.3 Å². The summed E-state index contributed by atoms with van der Waals surface area (Å²) in [7, 11) is 0. The second kappa shape index (κ2) is 5.82. The predicted octanol–water partition coefficient (Wildman–Crippen LogP) is 1.86. The first-order valence-corrected chi connectivity index (χ1v) is 6.34. The topological polar surface area (TPSA) is 41.1 Å². The smallest absolute Gasteiger partial charge is 0.220 e. The quantitative estimate of drug-likeness (QED) is 0.813. The van der Waals surface area contributed by atoms with Gasteiger partial charge < -0.3 is 10.6 Å². The fourth-order valence-corrected chi connectivity index (χ4v) is 2.11. The highest BCUT2D eigenvalue weighted by Crippen LogP contribution is 2.17. The van der Waals surface area contributed by atoms with Gasteiger partial charge in [0.25, 0.3) is 0 Å². The van der Waals surface area contributed by atoms with E-state index < -0.39 is 0 Å². The van der Waals surface area contributed by atoms with Crippen LogP contribution in [0.2, 0.25) is 0 Å². The standard InChI is InChI=1S/C14H20N2O/c1-2-13(12-6-4-3-5-7-12)16-14(17)8-11-9-15-10-11/h3-7,11,13,15H,2,8-10H2,1H3,(H,16,17). The number of benzene rings is 1. The van der Waals surface area contributed by atoms with Gasteiger partial charge in [-0.1, -0.05) is 37.3 Å². The average molecular weight is 232 g/mol. The van der Waals surface area contributed by atoms with Gasteiger partial charge in [0, 0.05) is 6.42 Å². The molecular formula is C14H20N2O. The van der Waals surface area contributed by atoms with Crippen molar-refractivity contribution in [1.29, 1.82) is 0 Å². The summed E-state index contributed by atoms with van der Waals surface area (Å²) in [5.41, 5.74) is 1.19. The molecule has 0 saturated carbocycles. The minimum Gasteiger partial charge on any atom is -0.349 e. The highest BCUT2D eigenvalue weighted by Gasteiger charge is 2.21. The summed E-state index contributed by atoms with van der Waals surface area (Å²) in [6.07, 6.45) is 1.58. The first-order chi connectivity index (χ1) is 8.29. The van der Waals surface area contributed by atoms with E-state index in [4.69, 9.17) is 0 Å². The van der Waals surface area contributed by atoms with Crippen LogP contribution in [0.25, 0.3) is 0 Å². The Balaban J connectivity index is 1.88. The molecule has 0 spiro atoms. The van der Waals surface area contributed by atoms with Gasteiger partial charge in [0.2, 0.25) is 5.91 Å². The molecule has 2 rings (SSSR count). The molecule has 17 heavy (non-hydrogen) atoms. The van der Waals surface area contributed by atoms with Gasteiger partial charge in [-0.25, -0.2) is 0 Å². The van der Waals surface area contributed by atoms with E-state index in [1.165, 1.54) is 5.56 Å². The molecule has 0 bridgehead atoms. The summed E-state index contributed by atoms with van der Waals surface area (Å²) in [4.78, 5) is 11.8. The van der Waals surface area contributed by atoms with Crippen molar-refractivity contribution in [3.05, 3.63) is 35.9 Å². The average Bonchev–Trinajstić information content (AvgIpc) is 2.32. The van der Waals surface area contributed by atoms with E-state index >= 15 is 0 Å². The van der Waals surface area contributed by atoms with Gasteiger partial charge in [0.1, 0.15) is 0 Å². The molecule has 92 valence electrons. The second-order valence-corrected chi connectivity index (χ2v) is 4.67. The third kappa shape index (κ3) is 3.30. The Morgan fingerprint density at radius 1 is 1.41 bits per heavy atom. The lowest BCUT2D eigenvalue weighted by atomic mass is 9.98. The highest BCUT2D eigenvalue weighted by atomic mass is 16.1. The molecule has 1 atom stereocenters. The number of carbonyl (C=O) groups is 1. The molecular weight excluding hydrogens is 212 g/mol. The SMILES string of the molecule is CCC(NC(=O)CC1CNC1)c1ccccc1. The highest BCUT2D eigenvalue weighted by molar-refractivity contribution is 5.76. The zero-order valence-electron chi connectivity index (χ0n) is 10.3. The summed E-state index contributed by atoms with van der Waals surface area (Å²) in [5, 5.41) is 6.30. The molecule has 1 saturated heterocycles. The Labute approximate surface area is 103 Å². The lowest BCUT2D eigenvalue weighted by Gasteiger charge is -2.27. The number of hydrogen-bond acceptors (Lipinski definition) is 2. The van der Waals surface area contributed by atoms with Crippen LogP contribution in [0.5, 0.6) is 0 Å². The van der Waals surface area contributed by atoms with E-state index in [0.29, 0.717) is 12.3 Å². The normalized spacial score (nSPS) is 17.2. The summed E-state index contributed by atoms with van der Waals surface area (Å²) in [5.74, 6) is 0.704. The molecule has 3 heteroatoms. The van der Waals surface area contributed by atoms with Crippen molar-refractivity contribution < 1.29 is 4.79 Å². The molecule has 2 N–H and O–H groups in total. The van der Waals surface area contributed by atoms with Gasteiger partial charge in [0.05, 0.1) is 6.04 Å². The third-order valence-corrected chi connectivity index (χ3v) is 3.29. The van der Waals surface area contributed by atoms with E-state index in [1.54, 1.807) is 0 Å². The first kappa shape index (κ1) is 12.1. The lowest BCUT2D eigenvalue weighted by molar-refractivity contribution is -0.123. The van der Waals surface area contributed by atoms with Crippen LogP contribution in [0.1, 0.15) is 31.4 Å². The van der Waals surface area contributed by atoms with Gasteiger partial charge in [-0.15, -0.1) is 0 Å². The second-order valence-electron chi connectivity index (χ2n) is 4.67. The van der Waals surface area contributed by atoms with Gasteiger partial charge in [0.15, 0.2) is 0 Å². The molecule has 1 unspecified atom stereocenters. The molecule has 1 heterocycles. The largest absolute Gasteiger partial charge is 0.349 e. The van der Waals surface area contributed by atoms with Crippen molar-refractivity contribution in [1.82, 2.24) is 10.6 Å². The maximum absolute atomic E-state index is 11.8. The van der Waals surface area contributed by atoms with E-state index in [-0.39, 0.29) is 11.9 Å². The van der Waals surface area contributed by atoms with Crippen LogP contribution in [0.3, 0.4) is 0 Å². The Bertz CT molecular complexity index is 360. The molecule has 0 aliphatic carbocycles. The van der Waals surface area contributed by atoms with E-state index in [9.17, 15) is 4.79 Å². The van der Waals surface area contributed by atoms with Crippen molar-refractivity contribution in [2.75, 3.05) is 13.1 Å². The van der Waals surface area contributed by atoms with Crippen LogP contribution in [0, 0.1) is 5.92 Å². The minimum atomic E-state index is 0.150. The molecule has 1 aliphatic heterocycles. The zero-order chi connectivity index (χ0) is 12.1. The number of carbonyl (C=O) groups excluding carboxylic acids is 1. The number of nitrogens with one attached hydrogen (secondary N) is 2. The molecule has 0 aromatic heterocycles. The number of amides is 1. The number of hydrogen-bond donors (Lipinski definition) is 2. The van der Waals surface area contributed by atoms with Crippen molar-refractivity contribution in [3.8, 4) is 0 Å². The van der Waals surface area contributed by atoms with Crippen molar-refractivity contribution >= 4 is 5.91 Å². The first-order valence-electron chi connectivity index (χ1n) is 6.34.